The fourth-order valence-electron chi connectivity index (χ4n) is 3.17. The molecule has 1 aromatic carbocycles. The number of hydrogen-bond donors (Lipinski definition) is 1. The van der Waals surface area contributed by atoms with Crippen molar-refractivity contribution in [3.63, 3.8) is 0 Å². The summed E-state index contributed by atoms with van der Waals surface area (Å²) in [6.07, 6.45) is 2.47. The van der Waals surface area contributed by atoms with E-state index in [-0.39, 0.29) is 18.1 Å². The number of nitrogens with one attached hydrogen (secondary N) is 1. The van der Waals surface area contributed by atoms with E-state index in [2.05, 4.69) is 10.4 Å². The molecule has 0 aliphatic carbocycles. The average molecular weight is 394 g/mol. The average Bonchev–Trinajstić information content (AvgIpc) is 3.15. The van der Waals surface area contributed by atoms with Crippen molar-refractivity contribution in [2.75, 3.05) is 18.4 Å². The highest BCUT2D eigenvalue weighted by Gasteiger charge is 2.31. The minimum atomic E-state index is -4.54. The summed E-state index contributed by atoms with van der Waals surface area (Å²) in [4.78, 5) is 26.1. The molecular formula is C19H21F3N4O2. The zero-order valence-corrected chi connectivity index (χ0v) is 15.2. The SMILES string of the molecule is O=C(CN1CCCCCCC1=O)Nc1cc(C(F)(F)F)ccc1-n1cccn1. The van der Waals surface area contributed by atoms with Crippen molar-refractivity contribution >= 4 is 17.5 Å². The first-order chi connectivity index (χ1) is 13.3. The number of carbonyl (C=O) groups is 2. The van der Waals surface area contributed by atoms with Crippen LogP contribution in [0.3, 0.4) is 0 Å². The van der Waals surface area contributed by atoms with Gasteiger partial charge in [0.05, 0.1) is 23.5 Å². The van der Waals surface area contributed by atoms with E-state index in [1.807, 2.05) is 0 Å². The van der Waals surface area contributed by atoms with Crippen molar-refractivity contribution in [1.82, 2.24) is 14.7 Å². The maximum absolute atomic E-state index is 13.1. The number of carbonyl (C=O) groups excluding carboxylic acids is 2. The molecule has 0 bridgehead atoms. The van der Waals surface area contributed by atoms with Gasteiger partial charge in [-0.1, -0.05) is 12.8 Å². The Morgan fingerprint density at radius 1 is 1.18 bits per heavy atom. The van der Waals surface area contributed by atoms with Crippen LogP contribution in [0.2, 0.25) is 0 Å². The summed E-state index contributed by atoms with van der Waals surface area (Å²) in [6.45, 7) is 0.286. The Hall–Kier alpha value is -2.84. The molecule has 1 aromatic heterocycles. The van der Waals surface area contributed by atoms with Crippen molar-refractivity contribution in [3.8, 4) is 5.69 Å². The molecule has 3 rings (SSSR count). The van der Waals surface area contributed by atoms with Gasteiger partial charge in [-0.15, -0.1) is 0 Å². The third-order valence-electron chi connectivity index (χ3n) is 4.61. The minimum absolute atomic E-state index is 0.0111. The lowest BCUT2D eigenvalue weighted by atomic mass is 10.1. The van der Waals surface area contributed by atoms with Crippen molar-refractivity contribution in [1.29, 1.82) is 0 Å². The zero-order valence-electron chi connectivity index (χ0n) is 15.2. The summed E-state index contributed by atoms with van der Waals surface area (Å²) >= 11 is 0. The molecule has 1 aliphatic heterocycles. The number of likely N-dealkylation sites (tertiary alicyclic amines) is 1. The second-order valence-corrected chi connectivity index (χ2v) is 6.71. The lowest BCUT2D eigenvalue weighted by Gasteiger charge is -2.24. The van der Waals surface area contributed by atoms with Crippen LogP contribution < -0.4 is 5.32 Å². The number of benzene rings is 1. The molecule has 2 heterocycles. The number of aromatic nitrogens is 2. The minimum Gasteiger partial charge on any atom is -0.333 e. The van der Waals surface area contributed by atoms with Gasteiger partial charge >= 0.3 is 6.18 Å². The Kier molecular flexibility index (Phi) is 6.01. The Morgan fingerprint density at radius 2 is 1.96 bits per heavy atom. The highest BCUT2D eigenvalue weighted by Crippen LogP contribution is 2.33. The molecule has 0 unspecified atom stereocenters. The fraction of sp³-hybridized carbons (Fsp3) is 0.421. The van der Waals surface area contributed by atoms with E-state index in [1.165, 1.54) is 21.8 Å². The van der Waals surface area contributed by atoms with E-state index in [1.54, 1.807) is 12.3 Å². The lowest BCUT2D eigenvalue weighted by Crippen LogP contribution is -2.39. The van der Waals surface area contributed by atoms with Gasteiger partial charge in [0.25, 0.3) is 0 Å². The zero-order chi connectivity index (χ0) is 20.1. The van der Waals surface area contributed by atoms with Gasteiger partial charge in [0.2, 0.25) is 11.8 Å². The Bertz CT molecular complexity index is 834. The second-order valence-electron chi connectivity index (χ2n) is 6.71. The number of hydrogen-bond acceptors (Lipinski definition) is 3. The predicted molar refractivity (Wildman–Crippen MR) is 96.9 cm³/mol. The van der Waals surface area contributed by atoms with Gasteiger partial charge in [-0.25, -0.2) is 4.68 Å². The first-order valence-electron chi connectivity index (χ1n) is 9.13. The van der Waals surface area contributed by atoms with Gasteiger partial charge in [-0.3, -0.25) is 9.59 Å². The van der Waals surface area contributed by atoms with Crippen LogP contribution in [0.1, 0.15) is 37.7 Å². The first-order valence-corrected chi connectivity index (χ1v) is 9.13. The van der Waals surface area contributed by atoms with Gasteiger partial charge in [0.15, 0.2) is 0 Å². The molecule has 0 radical (unpaired) electrons. The van der Waals surface area contributed by atoms with E-state index in [0.717, 1.165) is 37.8 Å². The third kappa shape index (κ3) is 4.90. The normalized spacial score (nSPS) is 15.8. The van der Waals surface area contributed by atoms with Crippen molar-refractivity contribution in [2.24, 2.45) is 0 Å². The standard InChI is InChI=1S/C19H21F3N4O2/c20-19(21,22)14-7-8-16(26-11-5-9-23-26)15(12-14)24-17(27)13-25-10-4-2-1-3-6-18(25)28/h5,7-9,11-12H,1-4,6,10,13H2,(H,24,27). The summed E-state index contributed by atoms with van der Waals surface area (Å²) in [6, 6.07) is 4.70. The van der Waals surface area contributed by atoms with E-state index < -0.39 is 17.6 Å². The maximum atomic E-state index is 13.1. The molecule has 1 saturated heterocycles. The molecule has 1 aliphatic rings. The summed E-state index contributed by atoms with van der Waals surface area (Å²) < 4.78 is 40.7. The van der Waals surface area contributed by atoms with Crippen LogP contribution in [0.25, 0.3) is 5.69 Å². The highest BCUT2D eigenvalue weighted by atomic mass is 19.4. The van der Waals surface area contributed by atoms with Gasteiger partial charge in [-0.05, 0) is 37.1 Å². The Morgan fingerprint density at radius 3 is 2.68 bits per heavy atom. The third-order valence-corrected chi connectivity index (χ3v) is 4.61. The van der Waals surface area contributed by atoms with E-state index in [4.69, 9.17) is 0 Å². The fourth-order valence-corrected chi connectivity index (χ4v) is 3.17. The van der Waals surface area contributed by atoms with Crippen LogP contribution in [0.4, 0.5) is 18.9 Å². The van der Waals surface area contributed by atoms with E-state index in [0.29, 0.717) is 18.7 Å². The molecule has 0 spiro atoms. The van der Waals surface area contributed by atoms with Crippen LogP contribution in [0, 0.1) is 0 Å². The summed E-state index contributed by atoms with van der Waals surface area (Å²) in [5.74, 6) is -0.646. The van der Waals surface area contributed by atoms with Crippen LogP contribution in [0.15, 0.2) is 36.7 Å². The molecule has 150 valence electrons. The van der Waals surface area contributed by atoms with E-state index >= 15 is 0 Å². The molecule has 6 nitrogen and oxygen atoms in total. The monoisotopic (exact) mass is 394 g/mol. The second kappa shape index (κ2) is 8.45. The maximum Gasteiger partial charge on any atom is 0.416 e. The number of rotatable bonds is 4. The molecule has 9 heteroatoms. The number of anilines is 1. The van der Waals surface area contributed by atoms with Crippen LogP contribution in [0.5, 0.6) is 0 Å². The molecule has 0 atom stereocenters. The lowest BCUT2D eigenvalue weighted by molar-refractivity contribution is -0.137. The molecule has 2 amide bonds. The van der Waals surface area contributed by atoms with Crippen molar-refractivity contribution in [2.45, 2.75) is 38.3 Å². The highest BCUT2D eigenvalue weighted by molar-refractivity contribution is 5.96. The quantitative estimate of drug-likeness (QED) is 0.861. The molecule has 1 fully saturated rings. The number of nitrogens with zero attached hydrogens (tertiary/aromatic N) is 3. The first kappa shape index (κ1) is 19.9. The topological polar surface area (TPSA) is 67.2 Å². The Balaban J connectivity index is 1.81. The van der Waals surface area contributed by atoms with E-state index in [9.17, 15) is 22.8 Å². The number of halogens is 3. The van der Waals surface area contributed by atoms with Gasteiger partial charge < -0.3 is 10.2 Å². The Labute approximate surface area is 160 Å². The largest absolute Gasteiger partial charge is 0.416 e. The van der Waals surface area contributed by atoms with Crippen molar-refractivity contribution < 1.29 is 22.8 Å². The van der Waals surface area contributed by atoms with Crippen molar-refractivity contribution in [3.05, 3.63) is 42.2 Å². The van der Waals surface area contributed by atoms with Crippen LogP contribution in [-0.2, 0) is 15.8 Å². The smallest absolute Gasteiger partial charge is 0.333 e. The van der Waals surface area contributed by atoms with Crippen LogP contribution in [-0.4, -0.2) is 39.6 Å². The molecular weight excluding hydrogens is 373 g/mol. The molecule has 2 aromatic rings. The molecule has 28 heavy (non-hydrogen) atoms. The summed E-state index contributed by atoms with van der Waals surface area (Å²) in [5, 5.41) is 6.54. The summed E-state index contributed by atoms with van der Waals surface area (Å²) in [7, 11) is 0. The number of amides is 2. The van der Waals surface area contributed by atoms with Gasteiger partial charge in [-0.2, -0.15) is 18.3 Å². The van der Waals surface area contributed by atoms with Gasteiger partial charge in [0, 0.05) is 25.4 Å². The number of alkyl halides is 3. The predicted octanol–water partition coefficient (Wildman–Crippen LogP) is 3.62. The summed E-state index contributed by atoms with van der Waals surface area (Å²) in [5.41, 5.74) is -0.575. The molecule has 1 N–H and O–H groups in total. The van der Waals surface area contributed by atoms with Gasteiger partial charge in [0.1, 0.15) is 0 Å². The van der Waals surface area contributed by atoms with Crippen LogP contribution >= 0.6 is 0 Å². The molecule has 0 saturated carbocycles.